The summed E-state index contributed by atoms with van der Waals surface area (Å²) in [6.45, 7) is 0. The molecule has 0 bridgehead atoms. The molecule has 14 aromatic carbocycles. The van der Waals surface area contributed by atoms with Crippen LogP contribution in [-0.4, -0.2) is 9.13 Å². The lowest BCUT2D eigenvalue weighted by Crippen LogP contribution is -2.10. The molecule has 0 saturated heterocycles. The van der Waals surface area contributed by atoms with E-state index in [4.69, 9.17) is 0 Å². The van der Waals surface area contributed by atoms with Gasteiger partial charge in [0.15, 0.2) is 0 Å². The molecule has 0 amide bonds. The van der Waals surface area contributed by atoms with Crippen molar-refractivity contribution in [2.75, 3.05) is 9.80 Å². The Morgan fingerprint density at radius 3 is 0.884 bits per heavy atom. The van der Waals surface area contributed by atoms with Crippen molar-refractivity contribution in [3.63, 3.8) is 0 Å². The largest absolute Gasteiger partial charge is 0.310 e. The van der Waals surface area contributed by atoms with Gasteiger partial charge in [-0.25, -0.2) is 0 Å². The van der Waals surface area contributed by atoms with Crippen molar-refractivity contribution < 1.29 is 0 Å². The number of rotatable bonds is 12. The van der Waals surface area contributed by atoms with E-state index in [1.54, 1.807) is 0 Å². The average Bonchev–Trinajstić information content (AvgIpc) is 1.82. The van der Waals surface area contributed by atoms with Crippen molar-refractivity contribution in [3.05, 3.63) is 340 Å². The topological polar surface area (TPSA) is 16.3 Å². The molecule has 2 heterocycles. The predicted octanol–water partition coefficient (Wildman–Crippen LogP) is 22.6. The Balaban J connectivity index is 0.789. The maximum atomic E-state index is 2.40. The van der Waals surface area contributed by atoms with Gasteiger partial charge in [0, 0.05) is 67.0 Å². The third-order valence-corrected chi connectivity index (χ3v) is 17.1. The number of benzene rings is 14. The fourth-order valence-corrected chi connectivity index (χ4v) is 13.1. The number of hydrogen-bond donors (Lipinski definition) is 0. The van der Waals surface area contributed by atoms with E-state index in [1.165, 1.54) is 76.7 Å². The Bertz CT molecular complexity index is 4790. The maximum absolute atomic E-state index is 2.40. The third-order valence-electron chi connectivity index (χ3n) is 17.1. The summed E-state index contributed by atoms with van der Waals surface area (Å²) in [5.74, 6) is 0. The SMILES string of the molecule is c1ccc(-c2ccc(N(c3ccc(-c4cccc5cccc(-c6ccc(N(c7ccc(-c8ccccc8)cc7)c7ccc8c9ccccc9n(-c9ccccc9)c8c7)cc6)c45)cc3)c3ccc4c5ccccc5n(-c5ccccc5)c4c3)cc2)cc1. The zero-order chi connectivity index (χ0) is 56.9. The molecule has 16 aromatic rings. The van der Waals surface area contributed by atoms with Crippen LogP contribution in [0.2, 0.25) is 0 Å². The molecule has 16 rings (SSSR count). The summed E-state index contributed by atoms with van der Waals surface area (Å²) in [5.41, 5.74) is 22.8. The van der Waals surface area contributed by atoms with Crippen LogP contribution >= 0.6 is 0 Å². The highest BCUT2D eigenvalue weighted by Crippen LogP contribution is 2.45. The van der Waals surface area contributed by atoms with Crippen molar-refractivity contribution in [1.29, 1.82) is 0 Å². The molecule has 0 atom stereocenters. The molecule has 404 valence electrons. The quantitative estimate of drug-likeness (QED) is 0.121. The Morgan fingerprint density at radius 1 is 0.198 bits per heavy atom. The fourth-order valence-electron chi connectivity index (χ4n) is 13.1. The lowest BCUT2D eigenvalue weighted by atomic mass is 9.91. The number of hydrogen-bond acceptors (Lipinski definition) is 2. The van der Waals surface area contributed by atoms with Gasteiger partial charge in [-0.3, -0.25) is 0 Å². The monoisotopic (exact) mass is 1100 g/mol. The minimum Gasteiger partial charge on any atom is -0.310 e. The lowest BCUT2D eigenvalue weighted by Gasteiger charge is -2.26. The second kappa shape index (κ2) is 21.4. The van der Waals surface area contributed by atoms with Crippen LogP contribution in [0.15, 0.2) is 340 Å². The molecule has 0 aliphatic rings. The van der Waals surface area contributed by atoms with Gasteiger partial charge in [-0.05, 0) is 164 Å². The highest BCUT2D eigenvalue weighted by Gasteiger charge is 2.21. The average molecular weight is 1100 g/mol. The van der Waals surface area contributed by atoms with E-state index in [2.05, 4.69) is 359 Å². The first-order valence-electron chi connectivity index (χ1n) is 29.5. The Labute approximate surface area is 500 Å². The number of aromatic nitrogens is 2. The standard InChI is InChI=1S/C82H56N4/c1-5-19-57(20-6-1)59-35-43-66(44-36-59)83(70-51-53-76-74-29-13-15-33-78(74)85(80(76)55-70)64-25-9-3-10-26-64)68-47-39-61(40-48-68)72-31-17-23-63-24-18-32-73(82(63)72)62-41-49-69(50-42-62)84(67-45-37-60(38-46-67)58-21-7-2-8-22-58)71-52-54-77-75-30-14-16-34-79(75)86(81(77)56-71)65-27-11-4-12-28-65/h1-56H. The minimum atomic E-state index is 1.07. The Hall–Kier alpha value is -11.5. The van der Waals surface area contributed by atoms with Crippen LogP contribution in [0.25, 0.3) is 110 Å². The molecule has 2 aromatic heterocycles. The molecule has 0 unspecified atom stereocenters. The van der Waals surface area contributed by atoms with E-state index in [0.717, 1.165) is 67.7 Å². The van der Waals surface area contributed by atoms with E-state index in [9.17, 15) is 0 Å². The van der Waals surface area contributed by atoms with Crippen molar-refractivity contribution in [3.8, 4) is 55.9 Å². The van der Waals surface area contributed by atoms with E-state index in [-0.39, 0.29) is 0 Å². The third kappa shape index (κ3) is 8.87. The molecule has 0 spiro atoms. The number of anilines is 6. The summed E-state index contributed by atoms with van der Waals surface area (Å²) in [6.07, 6.45) is 0. The van der Waals surface area contributed by atoms with Crippen molar-refractivity contribution in [2.45, 2.75) is 0 Å². The summed E-state index contributed by atoms with van der Waals surface area (Å²) >= 11 is 0. The van der Waals surface area contributed by atoms with Crippen molar-refractivity contribution >= 4 is 88.5 Å². The van der Waals surface area contributed by atoms with Gasteiger partial charge < -0.3 is 18.9 Å². The molecule has 0 aliphatic heterocycles. The zero-order valence-electron chi connectivity index (χ0n) is 47.1. The van der Waals surface area contributed by atoms with Crippen LogP contribution in [0.4, 0.5) is 34.1 Å². The van der Waals surface area contributed by atoms with Crippen LogP contribution in [-0.2, 0) is 0 Å². The Kier molecular flexibility index (Phi) is 12.5. The van der Waals surface area contributed by atoms with Gasteiger partial charge in [0.05, 0.1) is 22.1 Å². The summed E-state index contributed by atoms with van der Waals surface area (Å²) in [5, 5.41) is 7.31. The lowest BCUT2D eigenvalue weighted by molar-refractivity contribution is 1.18. The minimum absolute atomic E-state index is 1.07. The van der Waals surface area contributed by atoms with E-state index >= 15 is 0 Å². The molecule has 0 fully saturated rings. The number of fused-ring (bicyclic) bond motifs is 7. The molecule has 0 radical (unpaired) electrons. The second-order valence-electron chi connectivity index (χ2n) is 22.1. The predicted molar refractivity (Wildman–Crippen MR) is 364 cm³/mol. The van der Waals surface area contributed by atoms with Gasteiger partial charge >= 0.3 is 0 Å². The van der Waals surface area contributed by atoms with Gasteiger partial charge in [-0.15, -0.1) is 0 Å². The maximum Gasteiger partial charge on any atom is 0.0561 e. The molecular formula is C82H56N4. The van der Waals surface area contributed by atoms with Crippen LogP contribution in [0.3, 0.4) is 0 Å². The highest BCUT2D eigenvalue weighted by molar-refractivity contribution is 6.12. The molecule has 4 heteroatoms. The smallest absolute Gasteiger partial charge is 0.0561 e. The van der Waals surface area contributed by atoms with Gasteiger partial charge in [0.2, 0.25) is 0 Å². The fraction of sp³-hybridized carbons (Fsp3) is 0. The molecule has 0 N–H and O–H groups in total. The van der Waals surface area contributed by atoms with Crippen molar-refractivity contribution in [1.82, 2.24) is 9.13 Å². The first-order chi connectivity index (χ1) is 42.7. The molecule has 4 nitrogen and oxygen atoms in total. The molecule has 0 saturated carbocycles. The van der Waals surface area contributed by atoms with Gasteiger partial charge in [0.1, 0.15) is 0 Å². The number of para-hydroxylation sites is 4. The van der Waals surface area contributed by atoms with E-state index < -0.39 is 0 Å². The Morgan fingerprint density at radius 2 is 0.500 bits per heavy atom. The highest BCUT2D eigenvalue weighted by atomic mass is 15.2. The number of nitrogens with zero attached hydrogens (tertiary/aromatic N) is 4. The summed E-state index contributed by atoms with van der Waals surface area (Å²) in [7, 11) is 0. The van der Waals surface area contributed by atoms with Crippen LogP contribution < -0.4 is 9.80 Å². The van der Waals surface area contributed by atoms with Crippen LogP contribution in [0.1, 0.15) is 0 Å². The summed E-state index contributed by atoms with van der Waals surface area (Å²) < 4.78 is 4.79. The molecular weight excluding hydrogens is 1040 g/mol. The second-order valence-corrected chi connectivity index (χ2v) is 22.1. The van der Waals surface area contributed by atoms with Gasteiger partial charge in [-0.2, -0.15) is 0 Å². The zero-order valence-corrected chi connectivity index (χ0v) is 47.1. The summed E-state index contributed by atoms with van der Waals surface area (Å²) in [6, 6.07) is 124. The van der Waals surface area contributed by atoms with Crippen LogP contribution in [0.5, 0.6) is 0 Å². The van der Waals surface area contributed by atoms with Crippen LogP contribution in [0, 0.1) is 0 Å². The first-order valence-corrected chi connectivity index (χ1v) is 29.5. The molecule has 0 aliphatic carbocycles. The van der Waals surface area contributed by atoms with Crippen molar-refractivity contribution in [2.24, 2.45) is 0 Å². The normalized spacial score (nSPS) is 11.5. The van der Waals surface area contributed by atoms with Gasteiger partial charge in [0.25, 0.3) is 0 Å². The molecule has 86 heavy (non-hydrogen) atoms. The van der Waals surface area contributed by atoms with E-state index in [1.807, 2.05) is 0 Å². The summed E-state index contributed by atoms with van der Waals surface area (Å²) in [4.78, 5) is 4.78. The first kappa shape index (κ1) is 50.3. The van der Waals surface area contributed by atoms with E-state index in [0.29, 0.717) is 0 Å². The van der Waals surface area contributed by atoms with Gasteiger partial charge in [-0.1, -0.05) is 231 Å².